The van der Waals surface area contributed by atoms with Gasteiger partial charge < -0.3 is 4.90 Å². The van der Waals surface area contributed by atoms with Gasteiger partial charge in [0.05, 0.1) is 0 Å². The van der Waals surface area contributed by atoms with Crippen LogP contribution in [0.1, 0.15) is 6.42 Å². The molecule has 1 aromatic heterocycles. The molecule has 0 unspecified atom stereocenters. The van der Waals surface area contributed by atoms with E-state index in [0.29, 0.717) is 13.1 Å². The first-order valence-corrected chi connectivity index (χ1v) is 9.20. The molecule has 7 heteroatoms. The van der Waals surface area contributed by atoms with Gasteiger partial charge in [0.25, 0.3) is 10.0 Å². The summed E-state index contributed by atoms with van der Waals surface area (Å²) in [4.78, 5) is 6.17. The van der Waals surface area contributed by atoms with Crippen molar-refractivity contribution in [1.29, 1.82) is 0 Å². The maximum atomic E-state index is 13.0. The maximum absolute atomic E-state index is 13.0. The summed E-state index contributed by atoms with van der Waals surface area (Å²) in [6.07, 6.45) is 2.33. The summed E-state index contributed by atoms with van der Waals surface area (Å²) in [6, 6.07) is 9.46. The summed E-state index contributed by atoms with van der Waals surface area (Å²) in [5.74, 6) is -0.310. The van der Waals surface area contributed by atoms with E-state index in [9.17, 15) is 12.8 Å². The van der Waals surface area contributed by atoms with Crippen molar-refractivity contribution < 1.29 is 12.8 Å². The maximum Gasteiger partial charge on any atom is 0.260 e. The Labute approximate surface area is 141 Å². The molecule has 0 spiro atoms. The third-order valence-corrected chi connectivity index (χ3v) is 6.16. The first kappa shape index (κ1) is 17.0. The zero-order valence-electron chi connectivity index (χ0n) is 13.7. The molecule has 128 valence electrons. The highest BCUT2D eigenvalue weighted by Crippen LogP contribution is 2.24. The summed E-state index contributed by atoms with van der Waals surface area (Å²) >= 11 is 0. The lowest BCUT2D eigenvalue weighted by atomic mass is 10.1. The predicted molar refractivity (Wildman–Crippen MR) is 90.5 cm³/mol. The standard InChI is InChI=1S/C17H20FN3O2S/c1-20(2)16-9-10-21(12-16)24(22,23)17-8-5-14(11-19-17)13-3-6-15(18)7-4-13/h3-8,11,16H,9-10,12H2,1-2H3/t16-/m1/s1. The Morgan fingerprint density at radius 2 is 1.79 bits per heavy atom. The van der Waals surface area contributed by atoms with Gasteiger partial charge in [0.2, 0.25) is 0 Å². The van der Waals surface area contributed by atoms with Gasteiger partial charge >= 0.3 is 0 Å². The zero-order valence-corrected chi connectivity index (χ0v) is 14.5. The molecular weight excluding hydrogens is 329 g/mol. The zero-order chi connectivity index (χ0) is 17.3. The van der Waals surface area contributed by atoms with E-state index in [4.69, 9.17) is 0 Å². The Hall–Kier alpha value is -1.83. The molecular formula is C17H20FN3O2S. The lowest BCUT2D eigenvalue weighted by Crippen LogP contribution is -2.34. The largest absolute Gasteiger partial charge is 0.305 e. The molecule has 1 fully saturated rings. The normalized spacial score (nSPS) is 19.1. The number of sulfonamides is 1. The van der Waals surface area contributed by atoms with E-state index < -0.39 is 10.0 Å². The quantitative estimate of drug-likeness (QED) is 0.849. The first-order chi connectivity index (χ1) is 11.4. The number of hydrogen-bond acceptors (Lipinski definition) is 4. The van der Waals surface area contributed by atoms with Gasteiger partial charge in [-0.15, -0.1) is 0 Å². The summed E-state index contributed by atoms with van der Waals surface area (Å²) in [5.41, 5.74) is 1.54. The molecule has 0 saturated carbocycles. The highest BCUT2D eigenvalue weighted by Gasteiger charge is 2.34. The van der Waals surface area contributed by atoms with Gasteiger partial charge in [-0.05, 0) is 50.3 Å². The molecule has 1 aromatic carbocycles. The van der Waals surface area contributed by atoms with Crippen LogP contribution in [0.4, 0.5) is 4.39 Å². The molecule has 1 aliphatic heterocycles. The van der Waals surface area contributed by atoms with E-state index in [1.165, 1.54) is 28.7 Å². The van der Waals surface area contributed by atoms with Crippen LogP contribution in [0.25, 0.3) is 11.1 Å². The lowest BCUT2D eigenvalue weighted by molar-refractivity contribution is 0.302. The van der Waals surface area contributed by atoms with Gasteiger partial charge in [0, 0.05) is 30.9 Å². The number of halogens is 1. The average molecular weight is 349 g/mol. The van der Waals surface area contributed by atoms with Crippen LogP contribution in [-0.2, 0) is 10.0 Å². The lowest BCUT2D eigenvalue weighted by Gasteiger charge is -2.20. The number of pyridine rings is 1. The molecule has 1 aliphatic rings. The Morgan fingerprint density at radius 1 is 1.12 bits per heavy atom. The average Bonchev–Trinajstić information content (AvgIpc) is 3.07. The van der Waals surface area contributed by atoms with E-state index in [1.807, 2.05) is 19.0 Å². The Bertz CT molecular complexity index is 805. The van der Waals surface area contributed by atoms with E-state index in [2.05, 4.69) is 4.98 Å². The van der Waals surface area contributed by atoms with E-state index in [-0.39, 0.29) is 16.9 Å². The highest BCUT2D eigenvalue weighted by molar-refractivity contribution is 7.89. The molecule has 1 atom stereocenters. The van der Waals surface area contributed by atoms with Gasteiger partial charge in [-0.2, -0.15) is 4.31 Å². The second kappa shape index (κ2) is 6.58. The van der Waals surface area contributed by atoms with Gasteiger partial charge in [0.15, 0.2) is 5.03 Å². The molecule has 0 bridgehead atoms. The Balaban J connectivity index is 1.81. The van der Waals surface area contributed by atoms with Crippen LogP contribution < -0.4 is 0 Å². The van der Waals surface area contributed by atoms with Gasteiger partial charge in [-0.3, -0.25) is 0 Å². The van der Waals surface area contributed by atoms with Crippen LogP contribution >= 0.6 is 0 Å². The molecule has 5 nitrogen and oxygen atoms in total. The second-order valence-electron chi connectivity index (χ2n) is 6.16. The minimum atomic E-state index is -3.58. The van der Waals surface area contributed by atoms with E-state index in [0.717, 1.165) is 17.5 Å². The van der Waals surface area contributed by atoms with Crippen LogP contribution in [0.2, 0.25) is 0 Å². The molecule has 0 aliphatic carbocycles. The summed E-state index contributed by atoms with van der Waals surface area (Å²) in [6.45, 7) is 0.989. The fourth-order valence-electron chi connectivity index (χ4n) is 2.83. The molecule has 0 N–H and O–H groups in total. The van der Waals surface area contributed by atoms with Gasteiger partial charge in [-0.1, -0.05) is 12.1 Å². The van der Waals surface area contributed by atoms with Crippen LogP contribution in [-0.4, -0.2) is 55.8 Å². The van der Waals surface area contributed by atoms with Crippen LogP contribution in [0.5, 0.6) is 0 Å². The summed E-state index contributed by atoms with van der Waals surface area (Å²) in [5, 5.41) is 0.0489. The smallest absolute Gasteiger partial charge is 0.260 e. The monoisotopic (exact) mass is 349 g/mol. The van der Waals surface area contributed by atoms with Crippen LogP contribution in [0.3, 0.4) is 0 Å². The van der Waals surface area contributed by atoms with Crippen molar-refractivity contribution in [3.63, 3.8) is 0 Å². The number of benzene rings is 1. The molecule has 0 radical (unpaired) electrons. The molecule has 2 heterocycles. The van der Waals surface area contributed by atoms with Crippen molar-refractivity contribution in [3.8, 4) is 11.1 Å². The molecule has 2 aromatic rings. The summed E-state index contributed by atoms with van der Waals surface area (Å²) in [7, 11) is 0.335. The topological polar surface area (TPSA) is 53.5 Å². The number of aromatic nitrogens is 1. The van der Waals surface area contributed by atoms with Gasteiger partial charge in [-0.25, -0.2) is 17.8 Å². The van der Waals surface area contributed by atoms with Crippen molar-refractivity contribution >= 4 is 10.0 Å². The van der Waals surface area contributed by atoms with E-state index >= 15 is 0 Å². The summed E-state index contributed by atoms with van der Waals surface area (Å²) < 4.78 is 39.8. The number of hydrogen-bond donors (Lipinski definition) is 0. The number of nitrogens with zero attached hydrogens (tertiary/aromatic N) is 3. The third kappa shape index (κ3) is 3.33. The van der Waals surface area contributed by atoms with Crippen molar-refractivity contribution in [2.45, 2.75) is 17.5 Å². The van der Waals surface area contributed by atoms with Gasteiger partial charge in [0.1, 0.15) is 5.82 Å². The second-order valence-corrected chi connectivity index (χ2v) is 8.05. The fourth-order valence-corrected chi connectivity index (χ4v) is 4.23. The van der Waals surface area contributed by atoms with Crippen LogP contribution in [0.15, 0.2) is 47.6 Å². The van der Waals surface area contributed by atoms with Crippen molar-refractivity contribution in [2.24, 2.45) is 0 Å². The third-order valence-electron chi connectivity index (χ3n) is 4.37. The van der Waals surface area contributed by atoms with Crippen molar-refractivity contribution in [2.75, 3.05) is 27.2 Å². The Kier molecular flexibility index (Phi) is 4.67. The fraction of sp³-hybridized carbons (Fsp3) is 0.353. The molecule has 24 heavy (non-hydrogen) atoms. The number of rotatable bonds is 4. The minimum absolute atomic E-state index is 0.0489. The van der Waals surface area contributed by atoms with Crippen molar-refractivity contribution in [3.05, 3.63) is 48.4 Å². The number of likely N-dealkylation sites (N-methyl/N-ethyl adjacent to an activating group) is 1. The van der Waals surface area contributed by atoms with E-state index in [1.54, 1.807) is 18.2 Å². The first-order valence-electron chi connectivity index (χ1n) is 7.76. The molecule has 0 amide bonds. The van der Waals surface area contributed by atoms with Crippen molar-refractivity contribution in [1.82, 2.24) is 14.2 Å². The predicted octanol–water partition coefficient (Wildman–Crippen LogP) is 2.21. The van der Waals surface area contributed by atoms with Crippen LogP contribution in [0, 0.1) is 5.82 Å². The SMILES string of the molecule is CN(C)[C@@H]1CCN(S(=O)(=O)c2ccc(-c3ccc(F)cc3)cn2)C1. The molecule has 3 rings (SSSR count). The molecule has 1 saturated heterocycles. The minimum Gasteiger partial charge on any atom is -0.305 e. The Morgan fingerprint density at radius 3 is 2.33 bits per heavy atom. The highest BCUT2D eigenvalue weighted by atomic mass is 32.2.